The van der Waals surface area contributed by atoms with Gasteiger partial charge in [0, 0.05) is 53.6 Å². The highest BCUT2D eigenvalue weighted by Crippen LogP contribution is 2.28. The SMILES string of the molecule is N=C(N)N1CCN(Cc2cccnc2SCc2cc(Br)cc(Br)c2)CC1. The highest BCUT2D eigenvalue weighted by molar-refractivity contribution is 9.11. The van der Waals surface area contributed by atoms with Gasteiger partial charge >= 0.3 is 0 Å². The topological polar surface area (TPSA) is 69.2 Å². The summed E-state index contributed by atoms with van der Waals surface area (Å²) in [7, 11) is 0. The Morgan fingerprint density at radius 3 is 2.50 bits per heavy atom. The van der Waals surface area contributed by atoms with Crippen molar-refractivity contribution in [2.24, 2.45) is 5.73 Å². The van der Waals surface area contributed by atoms with E-state index in [-0.39, 0.29) is 5.96 Å². The summed E-state index contributed by atoms with van der Waals surface area (Å²) in [5.74, 6) is 1.04. The molecule has 0 bridgehead atoms. The van der Waals surface area contributed by atoms with Crippen LogP contribution >= 0.6 is 43.6 Å². The summed E-state index contributed by atoms with van der Waals surface area (Å²) in [5.41, 5.74) is 8.08. The number of pyridine rings is 1. The molecule has 3 rings (SSSR count). The van der Waals surface area contributed by atoms with Crippen molar-refractivity contribution in [1.82, 2.24) is 14.8 Å². The molecule has 26 heavy (non-hydrogen) atoms. The van der Waals surface area contributed by atoms with Crippen LogP contribution in [0.3, 0.4) is 0 Å². The van der Waals surface area contributed by atoms with Gasteiger partial charge in [-0.05, 0) is 35.4 Å². The minimum atomic E-state index is 0.169. The van der Waals surface area contributed by atoms with Crippen LogP contribution in [0, 0.1) is 5.41 Å². The zero-order chi connectivity index (χ0) is 18.5. The molecular formula is C18H21Br2N5S. The third-order valence-corrected chi connectivity index (χ3v) is 6.29. The Kier molecular flexibility index (Phi) is 6.97. The number of hydrogen-bond donors (Lipinski definition) is 2. The fourth-order valence-corrected chi connectivity index (χ4v) is 5.22. The molecule has 3 N–H and O–H groups in total. The number of nitrogens with one attached hydrogen (secondary N) is 1. The lowest BCUT2D eigenvalue weighted by Crippen LogP contribution is -2.50. The quantitative estimate of drug-likeness (QED) is 0.371. The first-order valence-electron chi connectivity index (χ1n) is 8.34. The van der Waals surface area contributed by atoms with E-state index < -0.39 is 0 Å². The number of guanidine groups is 1. The van der Waals surface area contributed by atoms with Crippen molar-refractivity contribution in [3.8, 4) is 0 Å². The van der Waals surface area contributed by atoms with Gasteiger partial charge in [-0.2, -0.15) is 0 Å². The minimum absolute atomic E-state index is 0.169. The molecule has 1 aliphatic heterocycles. The first-order valence-corrected chi connectivity index (χ1v) is 10.9. The molecular weight excluding hydrogens is 478 g/mol. The van der Waals surface area contributed by atoms with Crippen LogP contribution in [0.15, 0.2) is 50.5 Å². The van der Waals surface area contributed by atoms with Crippen LogP contribution in [0.2, 0.25) is 0 Å². The van der Waals surface area contributed by atoms with Crippen molar-refractivity contribution in [3.63, 3.8) is 0 Å². The maximum atomic E-state index is 7.54. The fourth-order valence-electron chi connectivity index (χ4n) is 2.91. The van der Waals surface area contributed by atoms with Gasteiger partial charge in [-0.25, -0.2) is 4.98 Å². The zero-order valence-corrected chi connectivity index (χ0v) is 18.3. The third-order valence-electron chi connectivity index (χ3n) is 4.25. The molecule has 0 atom stereocenters. The lowest BCUT2D eigenvalue weighted by Gasteiger charge is -2.35. The van der Waals surface area contributed by atoms with E-state index in [1.165, 1.54) is 11.1 Å². The van der Waals surface area contributed by atoms with Crippen molar-refractivity contribution in [2.45, 2.75) is 17.3 Å². The number of piperazine rings is 1. The van der Waals surface area contributed by atoms with E-state index in [0.717, 1.165) is 52.4 Å². The predicted molar refractivity (Wildman–Crippen MR) is 114 cm³/mol. The number of thioether (sulfide) groups is 1. The minimum Gasteiger partial charge on any atom is -0.370 e. The Labute approximate surface area is 175 Å². The fraction of sp³-hybridized carbons (Fsp3) is 0.333. The number of hydrogen-bond acceptors (Lipinski definition) is 4. The average Bonchev–Trinajstić information content (AvgIpc) is 2.61. The Morgan fingerprint density at radius 2 is 1.85 bits per heavy atom. The second-order valence-corrected chi connectivity index (χ2v) is 8.98. The monoisotopic (exact) mass is 497 g/mol. The lowest BCUT2D eigenvalue weighted by atomic mass is 10.2. The Balaban J connectivity index is 1.62. The molecule has 2 aromatic rings. The van der Waals surface area contributed by atoms with Crippen LogP contribution in [0.1, 0.15) is 11.1 Å². The molecule has 0 unspecified atom stereocenters. The molecule has 1 saturated heterocycles. The number of halogens is 2. The van der Waals surface area contributed by atoms with Gasteiger partial charge in [-0.1, -0.05) is 37.9 Å². The van der Waals surface area contributed by atoms with Crippen LogP contribution in [0.4, 0.5) is 0 Å². The van der Waals surface area contributed by atoms with Crippen LogP contribution < -0.4 is 5.73 Å². The van der Waals surface area contributed by atoms with Crippen molar-refractivity contribution in [2.75, 3.05) is 26.2 Å². The van der Waals surface area contributed by atoms with Crippen LogP contribution in [0.5, 0.6) is 0 Å². The Hall–Kier alpha value is -1.09. The van der Waals surface area contributed by atoms with E-state index in [1.54, 1.807) is 11.8 Å². The average molecular weight is 499 g/mol. The van der Waals surface area contributed by atoms with E-state index in [1.807, 2.05) is 23.2 Å². The van der Waals surface area contributed by atoms with E-state index >= 15 is 0 Å². The van der Waals surface area contributed by atoms with E-state index in [2.05, 4.69) is 59.9 Å². The van der Waals surface area contributed by atoms with Crippen molar-refractivity contribution >= 4 is 49.6 Å². The number of aromatic nitrogens is 1. The van der Waals surface area contributed by atoms with Gasteiger partial charge in [-0.15, -0.1) is 11.8 Å². The van der Waals surface area contributed by atoms with Gasteiger partial charge in [0.1, 0.15) is 5.03 Å². The molecule has 0 spiro atoms. The third kappa shape index (κ3) is 5.45. The summed E-state index contributed by atoms with van der Waals surface area (Å²) in [6.07, 6.45) is 1.86. The molecule has 138 valence electrons. The van der Waals surface area contributed by atoms with Gasteiger partial charge < -0.3 is 10.6 Å². The second kappa shape index (κ2) is 9.21. The van der Waals surface area contributed by atoms with Crippen LogP contribution in [-0.2, 0) is 12.3 Å². The smallest absolute Gasteiger partial charge is 0.188 e. The van der Waals surface area contributed by atoms with Crippen molar-refractivity contribution < 1.29 is 0 Å². The summed E-state index contributed by atoms with van der Waals surface area (Å²) in [5, 5.41) is 8.62. The first-order chi connectivity index (χ1) is 12.5. The van der Waals surface area contributed by atoms with Gasteiger partial charge in [0.2, 0.25) is 0 Å². The molecule has 0 aliphatic carbocycles. The maximum absolute atomic E-state index is 7.54. The molecule has 0 radical (unpaired) electrons. The number of benzene rings is 1. The second-order valence-electron chi connectivity index (χ2n) is 6.18. The van der Waals surface area contributed by atoms with Gasteiger partial charge in [-0.3, -0.25) is 10.3 Å². The summed E-state index contributed by atoms with van der Waals surface area (Å²) < 4.78 is 2.15. The predicted octanol–water partition coefficient (Wildman–Crippen LogP) is 3.91. The zero-order valence-electron chi connectivity index (χ0n) is 14.3. The molecule has 2 heterocycles. The maximum Gasteiger partial charge on any atom is 0.188 e. The first kappa shape index (κ1) is 19.7. The van der Waals surface area contributed by atoms with Gasteiger partial charge in [0.15, 0.2) is 5.96 Å². The molecule has 1 aliphatic rings. The van der Waals surface area contributed by atoms with Gasteiger partial charge in [0.05, 0.1) is 0 Å². The lowest BCUT2D eigenvalue weighted by molar-refractivity contribution is 0.172. The molecule has 1 aromatic carbocycles. The van der Waals surface area contributed by atoms with Crippen LogP contribution in [0.25, 0.3) is 0 Å². The number of rotatable bonds is 5. The van der Waals surface area contributed by atoms with Crippen molar-refractivity contribution in [3.05, 3.63) is 56.6 Å². The molecule has 1 aromatic heterocycles. The van der Waals surface area contributed by atoms with Crippen LogP contribution in [-0.4, -0.2) is 46.9 Å². The van der Waals surface area contributed by atoms with Crippen molar-refractivity contribution in [1.29, 1.82) is 5.41 Å². The highest BCUT2D eigenvalue weighted by Gasteiger charge is 2.18. The summed E-state index contributed by atoms with van der Waals surface area (Å²) in [6, 6.07) is 10.5. The molecule has 1 fully saturated rings. The molecule has 0 saturated carbocycles. The molecule has 8 heteroatoms. The van der Waals surface area contributed by atoms with Gasteiger partial charge in [0.25, 0.3) is 0 Å². The summed E-state index contributed by atoms with van der Waals surface area (Å²) in [4.78, 5) is 8.91. The standard InChI is InChI=1S/C18H21Br2N5S/c19-15-8-13(9-16(20)10-15)12-26-17-14(2-1-3-23-17)11-24-4-6-25(7-5-24)18(21)22/h1-3,8-10H,4-7,11-12H2,(H3,21,22). The number of nitrogens with two attached hydrogens (primary N) is 1. The van der Waals surface area contributed by atoms with E-state index in [0.29, 0.717) is 0 Å². The molecule has 5 nitrogen and oxygen atoms in total. The number of nitrogens with zero attached hydrogens (tertiary/aromatic N) is 3. The molecule has 0 amide bonds. The Bertz CT molecular complexity index is 758. The summed E-state index contributed by atoms with van der Waals surface area (Å²) in [6.45, 7) is 4.33. The largest absolute Gasteiger partial charge is 0.370 e. The normalized spacial score (nSPS) is 15.2. The van der Waals surface area contributed by atoms with E-state index in [9.17, 15) is 0 Å². The van der Waals surface area contributed by atoms with E-state index in [4.69, 9.17) is 11.1 Å². The summed E-state index contributed by atoms with van der Waals surface area (Å²) >= 11 is 8.86. The highest BCUT2D eigenvalue weighted by atomic mass is 79.9. The Morgan fingerprint density at radius 1 is 1.15 bits per heavy atom.